The van der Waals surface area contributed by atoms with Crippen molar-refractivity contribution in [3.05, 3.63) is 223 Å². The summed E-state index contributed by atoms with van der Waals surface area (Å²) < 4.78 is 57.0. The van der Waals surface area contributed by atoms with Crippen molar-refractivity contribution in [2.45, 2.75) is 70.7 Å². The van der Waals surface area contributed by atoms with Gasteiger partial charge in [0.15, 0.2) is 5.00 Å². The number of thiophene rings is 1. The number of nitrogens with one attached hydrogen (secondary N) is 2. The average Bonchev–Trinajstić information content (AvgIpc) is 1.74. The van der Waals surface area contributed by atoms with Crippen LogP contribution < -0.4 is 30.4 Å². The number of thioether (sulfide) groups is 1. The van der Waals surface area contributed by atoms with E-state index < -0.39 is 42.5 Å². The summed E-state index contributed by atoms with van der Waals surface area (Å²) in [6.07, 6.45) is 0.674. The predicted molar refractivity (Wildman–Crippen MR) is 396 cm³/mol. The van der Waals surface area contributed by atoms with Gasteiger partial charge in [0.25, 0.3) is 15.9 Å². The van der Waals surface area contributed by atoms with Crippen LogP contribution >= 0.6 is 57.6 Å². The van der Waals surface area contributed by atoms with Crippen molar-refractivity contribution in [2.75, 3.05) is 86.8 Å². The van der Waals surface area contributed by atoms with Crippen molar-refractivity contribution in [2.24, 2.45) is 17.8 Å². The lowest BCUT2D eigenvalue weighted by atomic mass is 9.99. The van der Waals surface area contributed by atoms with E-state index in [4.69, 9.17) is 28.9 Å². The largest absolute Gasteiger partial charge is 0.369 e. The molecular weight excluding hydrogens is 1400 g/mol. The summed E-state index contributed by atoms with van der Waals surface area (Å²) >= 11 is 15.3. The summed E-state index contributed by atoms with van der Waals surface area (Å²) in [6.45, 7) is 13.9. The fourth-order valence-electron chi connectivity index (χ4n) is 11.3. The molecule has 9 aromatic rings. The van der Waals surface area contributed by atoms with Gasteiger partial charge in [-0.25, -0.2) is 26.2 Å². The maximum Gasteiger partial charge on any atom is 0.304 e. The Morgan fingerprint density at radius 2 is 1.23 bits per heavy atom. The number of rotatable bonds is 24. The van der Waals surface area contributed by atoms with Crippen LogP contribution in [-0.2, 0) is 44.8 Å². The highest BCUT2D eigenvalue weighted by Gasteiger charge is 2.32. The van der Waals surface area contributed by atoms with Crippen molar-refractivity contribution >= 4 is 117 Å². The Kier molecular flexibility index (Phi) is 24.7. The molecule has 4 heterocycles. The first-order valence-corrected chi connectivity index (χ1v) is 38.2. The molecule has 0 aliphatic carbocycles. The van der Waals surface area contributed by atoms with Gasteiger partial charge in [-0.1, -0.05) is 137 Å². The smallest absolute Gasteiger partial charge is 0.304 e. The van der Waals surface area contributed by atoms with Gasteiger partial charge in [0.2, 0.25) is 30.8 Å². The van der Waals surface area contributed by atoms with E-state index in [-0.39, 0.29) is 46.1 Å². The molecule has 2 aromatic heterocycles. The third-order valence-electron chi connectivity index (χ3n) is 17.0. The number of nitrogens with two attached hydrogens (primary N) is 1. The van der Waals surface area contributed by atoms with Crippen molar-refractivity contribution in [3.8, 4) is 22.3 Å². The lowest BCUT2D eigenvalue weighted by Gasteiger charge is -2.36. The molecule has 28 heteroatoms. The Morgan fingerprint density at radius 3 is 1.76 bits per heavy atom. The topological polar surface area (TPSA) is 259 Å². The second-order valence-electron chi connectivity index (χ2n) is 24.2. The van der Waals surface area contributed by atoms with Crippen LogP contribution in [0.25, 0.3) is 22.3 Å². The molecule has 0 radical (unpaired) electrons. The van der Waals surface area contributed by atoms with E-state index in [1.54, 1.807) is 30.0 Å². The molecule has 518 valence electrons. The number of aryl methyl sites for hydroxylation is 1. The number of carbonyl (C=O) groups excluding carboxylic acids is 3. The second-order valence-corrected chi connectivity index (χ2v) is 32.1. The van der Waals surface area contributed by atoms with E-state index in [1.165, 1.54) is 47.5 Å². The molecule has 0 unspecified atom stereocenters. The van der Waals surface area contributed by atoms with Gasteiger partial charge in [-0.15, -0.1) is 16.9 Å². The molecule has 2 aliphatic rings. The maximum atomic E-state index is 13.6. The van der Waals surface area contributed by atoms with E-state index in [0.29, 0.717) is 47.0 Å². The van der Waals surface area contributed by atoms with Crippen LogP contribution in [0.3, 0.4) is 0 Å². The zero-order chi connectivity index (χ0) is 70.5. The van der Waals surface area contributed by atoms with E-state index >= 15 is 0 Å². The van der Waals surface area contributed by atoms with Gasteiger partial charge < -0.3 is 25.8 Å². The molecule has 0 spiro atoms. The molecule has 21 nitrogen and oxygen atoms in total. The maximum absolute atomic E-state index is 13.6. The number of anilines is 3. The highest BCUT2D eigenvalue weighted by Crippen LogP contribution is 2.39. The minimum atomic E-state index is -4.42. The predicted octanol–water partition coefficient (Wildman–Crippen LogP) is 12.2. The number of carbonyl (C=O) groups is 3. The quantitative estimate of drug-likeness (QED) is 0.0288. The average molecular weight is 1470 g/mol. The molecule has 3 amide bonds. The number of primary amides is 1. The molecule has 0 saturated carbocycles. The normalized spacial score (nSPS) is 14.4. The van der Waals surface area contributed by atoms with Crippen molar-refractivity contribution in [1.29, 1.82) is 0 Å². The fourth-order valence-corrected chi connectivity index (χ4v) is 17.7. The van der Waals surface area contributed by atoms with Gasteiger partial charge in [0, 0.05) is 142 Å². The van der Waals surface area contributed by atoms with Crippen LogP contribution in [0.4, 0.5) is 22.1 Å². The van der Waals surface area contributed by atoms with Crippen molar-refractivity contribution in [3.63, 3.8) is 0 Å². The summed E-state index contributed by atoms with van der Waals surface area (Å²) in [6, 6.07) is 54.9. The number of sulfonamides is 1. The number of sulfone groups is 1. The van der Waals surface area contributed by atoms with Gasteiger partial charge in [-0.05, 0) is 140 Å². The first-order valence-electron chi connectivity index (χ1n) is 31.9. The van der Waals surface area contributed by atoms with Crippen LogP contribution in [0.15, 0.2) is 199 Å². The first kappa shape index (κ1) is 73.4. The summed E-state index contributed by atoms with van der Waals surface area (Å²) in [7, 11) is -5.13. The Morgan fingerprint density at radius 1 is 0.707 bits per heavy atom. The molecule has 1 atom stereocenters. The van der Waals surface area contributed by atoms with Gasteiger partial charge in [-0.3, -0.25) is 34.3 Å². The van der Waals surface area contributed by atoms with Crippen LogP contribution in [0.1, 0.15) is 59.0 Å². The molecular formula is C71H76Cl2N12O9S5. The molecule has 99 heavy (non-hydrogen) atoms. The highest BCUT2D eigenvalue weighted by molar-refractivity contribution is 7.99. The molecule has 7 aromatic carbocycles. The summed E-state index contributed by atoms with van der Waals surface area (Å²) in [5.41, 5.74) is 13.9. The van der Waals surface area contributed by atoms with E-state index in [0.717, 1.165) is 115 Å². The minimum Gasteiger partial charge on any atom is -0.369 e. The lowest BCUT2D eigenvalue weighted by Crippen LogP contribution is -2.46. The van der Waals surface area contributed by atoms with Gasteiger partial charge in [0.05, 0.1) is 15.4 Å². The number of hydrogen-bond donors (Lipinski definition) is 3. The fraction of sp³-hybridized carbons (Fsp3) is 0.282. The van der Waals surface area contributed by atoms with E-state index in [2.05, 4.69) is 88.8 Å². The third kappa shape index (κ3) is 19.2. The molecule has 2 fully saturated rings. The SMILES string of the molecule is CC(=O)N=c1sc(S(=O)(=O)c2cc(N3CCN(Cc4ccccc4-c4ccc(Cl)cc4)CC3)ccc2C(N)=O)nn1C.CC(C)N(C)CC[C@H](CSc1ccccc1)Nc1sc(S(=O)(=O)NC(=O)c2ccc(N3CCN(Cc4ccccc4-c4ccc(Cl)cc4)CC3)cc2)cc1[N+](=O)[O-]. The Labute approximate surface area is 599 Å². The van der Waals surface area contributed by atoms with Crippen molar-refractivity contribution in [1.82, 2.24) is 29.2 Å². The second kappa shape index (κ2) is 33.3. The number of nitrogens with zero attached hydrogens (tertiary/aromatic N) is 9. The summed E-state index contributed by atoms with van der Waals surface area (Å²) in [5, 5.41) is 21.0. The van der Waals surface area contributed by atoms with Gasteiger partial charge in [0.1, 0.15) is 4.21 Å². The summed E-state index contributed by atoms with van der Waals surface area (Å²) in [5.74, 6) is -1.55. The number of nitro groups is 1. The number of aromatic nitrogens is 2. The third-order valence-corrected chi connectivity index (χ3v) is 24.7. The van der Waals surface area contributed by atoms with Crippen LogP contribution in [0, 0.1) is 10.1 Å². The van der Waals surface area contributed by atoms with Gasteiger partial charge >= 0.3 is 5.69 Å². The molecule has 2 saturated heterocycles. The van der Waals surface area contributed by atoms with Crippen LogP contribution in [0.2, 0.25) is 10.0 Å². The molecule has 2 aliphatic heterocycles. The molecule has 11 rings (SSSR count). The Balaban J connectivity index is 0.000000224. The number of halogens is 2. The number of piperazine rings is 2. The molecule has 4 N–H and O–H groups in total. The van der Waals surface area contributed by atoms with E-state index in [1.807, 2.05) is 116 Å². The number of benzene rings is 7. The minimum absolute atomic E-state index is 0.126. The molecule has 0 bridgehead atoms. The number of hydrogen-bond acceptors (Lipinski definition) is 19. The van der Waals surface area contributed by atoms with Crippen LogP contribution in [-0.4, -0.2) is 148 Å². The number of amides is 3. The Hall–Kier alpha value is -8.28. The zero-order valence-corrected chi connectivity index (χ0v) is 60.8. The Bertz CT molecular complexity index is 4640. The zero-order valence-electron chi connectivity index (χ0n) is 55.2. The van der Waals surface area contributed by atoms with Gasteiger partial charge in [-0.2, -0.15) is 4.99 Å². The monoisotopic (exact) mass is 1470 g/mol. The first-order chi connectivity index (χ1) is 47.4. The lowest BCUT2D eigenvalue weighted by molar-refractivity contribution is -0.383. The van der Waals surface area contributed by atoms with Crippen molar-refractivity contribution < 1.29 is 36.1 Å². The summed E-state index contributed by atoms with van der Waals surface area (Å²) in [4.78, 5) is 64.5. The van der Waals surface area contributed by atoms with E-state index in [9.17, 15) is 41.3 Å². The highest BCUT2D eigenvalue weighted by atomic mass is 35.5. The standard InChI is InChI=1S/C42H47ClN6O5S3.C29H29ClN6O4S2/c1-30(2)46(3)22-21-35(29-55-37-10-5-4-6-11-37)44-42-39(49(51)52)27-40(56-42)57(53,54)45-41(50)32-15-19-36(20-16-32)48-25-23-47(24-26-48)28-33-9-7-8-12-38(33)31-13-17-34(43)18-14-31;1-19(37)32-28-34(2)33-29(41-28)42(39,40)26-17-23(11-12-25(26)27(31)38)36-15-13-35(14-16-36)18-21-5-3-4-6-24(21)20-7-9-22(30)10-8-20/h4-20,27,30,35,44H,21-26,28-29H2,1-3H3,(H,45,50);3-12,17H,13-16,18H2,1-2H3,(H2,31,38)/t35-;/m1./s1. The van der Waals surface area contributed by atoms with Crippen LogP contribution in [0.5, 0.6) is 0 Å².